The molecule has 2 aromatic rings. The zero-order valence-electron chi connectivity index (χ0n) is 13.4. The van der Waals surface area contributed by atoms with Crippen LogP contribution in [-0.4, -0.2) is 27.3 Å². The van der Waals surface area contributed by atoms with Crippen LogP contribution in [-0.2, 0) is 22.9 Å². The fourth-order valence-electron chi connectivity index (χ4n) is 2.16. The van der Waals surface area contributed by atoms with E-state index in [0.717, 1.165) is 12.0 Å². The zero-order chi connectivity index (χ0) is 16.5. The first-order valence-corrected chi connectivity index (χ1v) is 9.47. The van der Waals surface area contributed by atoms with Gasteiger partial charge in [0.1, 0.15) is 12.4 Å². The fourth-order valence-corrected chi connectivity index (χ4v) is 3.02. The Balaban J connectivity index is 1.71. The van der Waals surface area contributed by atoms with Gasteiger partial charge in [-0.25, -0.2) is 13.1 Å². The maximum atomic E-state index is 11.9. The van der Waals surface area contributed by atoms with Crippen molar-refractivity contribution in [2.75, 3.05) is 18.9 Å². The minimum Gasteiger partial charge on any atom is -0.492 e. The van der Waals surface area contributed by atoms with Crippen molar-refractivity contribution in [3.8, 4) is 5.75 Å². The zero-order valence-corrected chi connectivity index (χ0v) is 14.2. The molecule has 0 radical (unpaired) electrons. The van der Waals surface area contributed by atoms with Crippen LogP contribution >= 0.6 is 0 Å². The van der Waals surface area contributed by atoms with Gasteiger partial charge in [0.25, 0.3) is 0 Å². The Bertz CT molecular complexity index is 682. The molecule has 0 saturated carbocycles. The smallest absolute Gasteiger partial charge is 0.214 e. The lowest BCUT2D eigenvalue weighted by Gasteiger charge is -2.09. The second kappa shape index (κ2) is 8.70. The molecule has 0 unspecified atom stereocenters. The van der Waals surface area contributed by atoms with E-state index in [-0.39, 0.29) is 12.4 Å². The molecule has 0 aliphatic heterocycles. The van der Waals surface area contributed by atoms with Crippen molar-refractivity contribution in [1.82, 2.24) is 4.72 Å². The number of nitrogens with one attached hydrogen (secondary N) is 1. The molecule has 0 atom stereocenters. The minimum absolute atomic E-state index is 0.0443. The highest BCUT2D eigenvalue weighted by molar-refractivity contribution is 7.89. The predicted molar refractivity (Wildman–Crippen MR) is 93.3 cm³/mol. The van der Waals surface area contributed by atoms with Gasteiger partial charge in [-0.3, -0.25) is 0 Å². The molecule has 0 aliphatic rings. The summed E-state index contributed by atoms with van der Waals surface area (Å²) >= 11 is 0. The molecule has 1 N–H and O–H groups in total. The summed E-state index contributed by atoms with van der Waals surface area (Å²) in [5, 5.41) is 0. The summed E-state index contributed by atoms with van der Waals surface area (Å²) in [6, 6.07) is 17.5. The van der Waals surface area contributed by atoms with Crippen molar-refractivity contribution in [2.45, 2.75) is 19.8 Å². The molecule has 2 aromatic carbocycles. The summed E-state index contributed by atoms with van der Waals surface area (Å²) in [7, 11) is -3.31. The second-order valence-corrected chi connectivity index (χ2v) is 7.22. The van der Waals surface area contributed by atoms with E-state index in [1.807, 2.05) is 54.6 Å². The number of hydrogen-bond donors (Lipinski definition) is 1. The molecule has 0 heterocycles. The van der Waals surface area contributed by atoms with Crippen LogP contribution in [0.25, 0.3) is 0 Å². The summed E-state index contributed by atoms with van der Waals surface area (Å²) in [6.07, 6.45) is 1.65. The van der Waals surface area contributed by atoms with Crippen molar-refractivity contribution in [2.24, 2.45) is 0 Å². The molecule has 124 valence electrons. The number of benzene rings is 2. The molecule has 2 rings (SSSR count). The van der Waals surface area contributed by atoms with Gasteiger partial charge in [0.2, 0.25) is 10.0 Å². The highest BCUT2D eigenvalue weighted by Gasteiger charge is 2.09. The summed E-state index contributed by atoms with van der Waals surface area (Å²) < 4.78 is 31.9. The first-order chi connectivity index (χ1) is 11.1. The van der Waals surface area contributed by atoms with Crippen molar-refractivity contribution in [3.63, 3.8) is 0 Å². The quantitative estimate of drug-likeness (QED) is 0.768. The SMILES string of the molecule is CCc1ccc(OCCS(=O)(=O)NCCc2ccccc2)cc1. The Morgan fingerprint density at radius 1 is 0.957 bits per heavy atom. The molecular weight excluding hydrogens is 310 g/mol. The van der Waals surface area contributed by atoms with E-state index >= 15 is 0 Å². The third-order valence-electron chi connectivity index (χ3n) is 3.53. The van der Waals surface area contributed by atoms with E-state index in [0.29, 0.717) is 18.7 Å². The Kier molecular flexibility index (Phi) is 6.62. The first kappa shape index (κ1) is 17.5. The van der Waals surface area contributed by atoms with E-state index in [1.165, 1.54) is 5.56 Å². The molecule has 0 spiro atoms. The average molecular weight is 333 g/mol. The standard InChI is InChI=1S/C18H23NO3S/c1-2-16-8-10-18(11-9-16)22-14-15-23(20,21)19-13-12-17-6-4-3-5-7-17/h3-11,19H,2,12-15H2,1H3. The largest absolute Gasteiger partial charge is 0.492 e. The van der Waals surface area contributed by atoms with Crippen molar-refractivity contribution < 1.29 is 13.2 Å². The third-order valence-corrected chi connectivity index (χ3v) is 4.88. The number of aryl methyl sites for hydroxylation is 1. The fraction of sp³-hybridized carbons (Fsp3) is 0.333. The maximum Gasteiger partial charge on any atom is 0.214 e. The Morgan fingerprint density at radius 2 is 1.65 bits per heavy atom. The van der Waals surface area contributed by atoms with E-state index in [2.05, 4.69) is 11.6 Å². The molecule has 0 aliphatic carbocycles. The third kappa shape index (κ3) is 6.42. The monoisotopic (exact) mass is 333 g/mol. The summed E-state index contributed by atoms with van der Waals surface area (Å²) in [5.74, 6) is 0.652. The number of ether oxygens (including phenoxy) is 1. The van der Waals surface area contributed by atoms with Gasteiger partial charge in [-0.1, -0.05) is 49.4 Å². The topological polar surface area (TPSA) is 55.4 Å². The number of sulfonamides is 1. The molecule has 23 heavy (non-hydrogen) atoms. The van der Waals surface area contributed by atoms with Crippen molar-refractivity contribution >= 4 is 10.0 Å². The van der Waals surface area contributed by atoms with Crippen LogP contribution in [0, 0.1) is 0 Å². The number of rotatable bonds is 9. The van der Waals surface area contributed by atoms with Crippen LogP contribution in [0.15, 0.2) is 54.6 Å². The predicted octanol–water partition coefficient (Wildman–Crippen LogP) is 2.79. The average Bonchev–Trinajstić information content (AvgIpc) is 2.56. The molecule has 4 nitrogen and oxygen atoms in total. The van der Waals surface area contributed by atoms with Gasteiger partial charge in [0.05, 0.1) is 5.75 Å². The lowest BCUT2D eigenvalue weighted by molar-refractivity contribution is 0.340. The molecule has 0 saturated heterocycles. The van der Waals surface area contributed by atoms with Gasteiger partial charge in [0.15, 0.2) is 0 Å². The van der Waals surface area contributed by atoms with Gasteiger partial charge in [0, 0.05) is 6.54 Å². The second-order valence-electron chi connectivity index (χ2n) is 5.29. The molecule has 5 heteroatoms. The summed E-state index contributed by atoms with van der Waals surface area (Å²) in [4.78, 5) is 0. The van der Waals surface area contributed by atoms with Gasteiger partial charge in [-0.05, 0) is 36.1 Å². The van der Waals surface area contributed by atoms with E-state index < -0.39 is 10.0 Å². The lowest BCUT2D eigenvalue weighted by Crippen LogP contribution is -2.30. The normalized spacial score (nSPS) is 11.3. The first-order valence-electron chi connectivity index (χ1n) is 7.82. The molecule has 0 bridgehead atoms. The highest BCUT2D eigenvalue weighted by atomic mass is 32.2. The van der Waals surface area contributed by atoms with Gasteiger partial charge >= 0.3 is 0 Å². The van der Waals surface area contributed by atoms with Gasteiger partial charge < -0.3 is 4.74 Å². The van der Waals surface area contributed by atoms with Crippen LogP contribution in [0.1, 0.15) is 18.1 Å². The maximum absolute atomic E-state index is 11.9. The molecular formula is C18H23NO3S. The summed E-state index contributed by atoms with van der Waals surface area (Å²) in [6.45, 7) is 2.63. The molecule has 0 fully saturated rings. The van der Waals surface area contributed by atoms with E-state index in [9.17, 15) is 8.42 Å². The van der Waals surface area contributed by atoms with E-state index in [1.54, 1.807) is 0 Å². The van der Waals surface area contributed by atoms with Crippen LogP contribution < -0.4 is 9.46 Å². The van der Waals surface area contributed by atoms with Crippen LogP contribution in [0.5, 0.6) is 5.75 Å². The molecule has 0 amide bonds. The molecule has 0 aromatic heterocycles. The Labute approximate surface area is 138 Å². The van der Waals surface area contributed by atoms with Gasteiger partial charge in [-0.2, -0.15) is 0 Å². The summed E-state index contributed by atoms with van der Waals surface area (Å²) in [5.41, 5.74) is 2.34. The van der Waals surface area contributed by atoms with Crippen molar-refractivity contribution in [3.05, 3.63) is 65.7 Å². The van der Waals surface area contributed by atoms with Crippen LogP contribution in [0.2, 0.25) is 0 Å². The van der Waals surface area contributed by atoms with Crippen LogP contribution in [0.3, 0.4) is 0 Å². The van der Waals surface area contributed by atoms with Crippen LogP contribution in [0.4, 0.5) is 0 Å². The Hall–Kier alpha value is -1.85. The highest BCUT2D eigenvalue weighted by Crippen LogP contribution is 2.12. The van der Waals surface area contributed by atoms with Crippen molar-refractivity contribution in [1.29, 1.82) is 0 Å². The number of hydrogen-bond acceptors (Lipinski definition) is 3. The Morgan fingerprint density at radius 3 is 2.30 bits per heavy atom. The minimum atomic E-state index is -3.31. The van der Waals surface area contributed by atoms with E-state index in [4.69, 9.17) is 4.74 Å². The van der Waals surface area contributed by atoms with Gasteiger partial charge in [-0.15, -0.1) is 0 Å². The lowest BCUT2D eigenvalue weighted by atomic mass is 10.2.